The smallest absolute Gasteiger partial charge is 0.227 e. The Balaban J connectivity index is 1.85. The van der Waals surface area contributed by atoms with Crippen LogP contribution in [0.2, 0.25) is 10.0 Å². The van der Waals surface area contributed by atoms with Gasteiger partial charge in [0.05, 0.1) is 16.3 Å². The van der Waals surface area contributed by atoms with Crippen molar-refractivity contribution >= 4 is 57.8 Å². The molecule has 3 aromatic carbocycles. The highest BCUT2D eigenvalue weighted by Crippen LogP contribution is 2.37. The maximum Gasteiger partial charge on any atom is 0.227 e. The van der Waals surface area contributed by atoms with Gasteiger partial charge in [-0.1, -0.05) is 41.4 Å². The van der Waals surface area contributed by atoms with Gasteiger partial charge in [0, 0.05) is 30.4 Å². The molecule has 7 heteroatoms. The molecule has 1 unspecified atom stereocenters. The maximum atomic E-state index is 6.49. The molecule has 1 heterocycles. The van der Waals surface area contributed by atoms with Crippen molar-refractivity contribution in [1.82, 2.24) is 0 Å². The van der Waals surface area contributed by atoms with Crippen LogP contribution in [0.4, 0.5) is 11.4 Å². The van der Waals surface area contributed by atoms with Gasteiger partial charge in [-0.2, -0.15) is 4.99 Å². The lowest BCUT2D eigenvalue weighted by Gasteiger charge is -2.37. The van der Waals surface area contributed by atoms with Crippen molar-refractivity contribution in [3.8, 4) is 0 Å². The Labute approximate surface area is 210 Å². The molecule has 1 aliphatic rings. The van der Waals surface area contributed by atoms with Gasteiger partial charge in [-0.05, 0) is 86.1 Å². The van der Waals surface area contributed by atoms with Gasteiger partial charge in [0.15, 0.2) is 0 Å². The molecule has 0 fully saturated rings. The molecule has 0 aliphatic carbocycles. The molecule has 170 valence electrons. The Bertz CT molecular complexity index is 1260. The Morgan fingerprint density at radius 3 is 2.21 bits per heavy atom. The lowest BCUT2D eigenvalue weighted by molar-refractivity contribution is 0.196. The van der Waals surface area contributed by atoms with Crippen LogP contribution in [-0.2, 0) is 4.74 Å². The monoisotopic (exact) mass is 497 g/mol. The molecule has 3 aromatic rings. The quantitative estimate of drug-likeness (QED) is 0.354. The highest BCUT2D eigenvalue weighted by molar-refractivity contribution is 7.80. The van der Waals surface area contributed by atoms with Crippen LogP contribution in [0.15, 0.2) is 59.6 Å². The van der Waals surface area contributed by atoms with Gasteiger partial charge in [-0.15, -0.1) is 0 Å². The summed E-state index contributed by atoms with van der Waals surface area (Å²) in [6.45, 7) is 6.27. The summed E-state index contributed by atoms with van der Waals surface area (Å²) in [7, 11) is 4.03. The Hall–Kier alpha value is -2.60. The minimum Gasteiger partial charge on any atom is -0.448 e. The molecule has 4 rings (SSSR count). The van der Waals surface area contributed by atoms with Crippen molar-refractivity contribution in [1.29, 1.82) is 0 Å². The molecule has 0 amide bonds. The first-order valence-corrected chi connectivity index (χ1v) is 11.7. The molecule has 0 bridgehead atoms. The van der Waals surface area contributed by atoms with E-state index in [0.717, 1.165) is 22.5 Å². The molecule has 0 saturated carbocycles. The SMILES string of the molecule is Cc1cc(C)c(N2C(=S)N=C(c3ccc(Cl)cc3Cl)OC2c2ccc(N(C)C)cc2)cc1C. The fraction of sp³-hybridized carbons (Fsp3) is 0.231. The first-order valence-electron chi connectivity index (χ1n) is 10.5. The number of thiocarbonyl (C=S) groups is 1. The predicted octanol–water partition coefficient (Wildman–Crippen LogP) is 7.25. The zero-order valence-corrected chi connectivity index (χ0v) is 21.5. The molecular formula is C26H25Cl2N3OS. The van der Waals surface area contributed by atoms with Crippen molar-refractivity contribution < 1.29 is 4.74 Å². The van der Waals surface area contributed by atoms with Crippen LogP contribution in [0.5, 0.6) is 0 Å². The minimum absolute atomic E-state index is 0.376. The third-order valence-corrected chi connectivity index (χ3v) is 6.62. The van der Waals surface area contributed by atoms with Crippen LogP contribution >= 0.6 is 35.4 Å². The van der Waals surface area contributed by atoms with Gasteiger partial charge in [-0.3, -0.25) is 4.90 Å². The van der Waals surface area contributed by atoms with E-state index in [1.165, 1.54) is 11.1 Å². The molecule has 0 aromatic heterocycles. The zero-order chi connectivity index (χ0) is 23.9. The predicted molar refractivity (Wildman–Crippen MR) is 143 cm³/mol. The molecule has 0 saturated heterocycles. The number of hydrogen-bond acceptors (Lipinski definition) is 3. The summed E-state index contributed by atoms with van der Waals surface area (Å²) in [4.78, 5) is 8.66. The molecule has 33 heavy (non-hydrogen) atoms. The normalized spacial score (nSPS) is 15.8. The number of benzene rings is 3. The largest absolute Gasteiger partial charge is 0.448 e. The van der Waals surface area contributed by atoms with E-state index in [4.69, 9.17) is 40.2 Å². The van der Waals surface area contributed by atoms with Crippen molar-refractivity contribution in [2.75, 3.05) is 23.9 Å². The minimum atomic E-state index is -0.506. The lowest BCUT2D eigenvalue weighted by atomic mass is 10.0. The standard InChI is InChI=1S/C26H25Cl2N3OS/c1-15-12-17(3)23(13-16(15)2)31-25(18-6-9-20(10-7-18)30(4)5)32-24(29-26(31)33)21-11-8-19(27)14-22(21)28/h6-14,25H,1-5H3. The third-order valence-electron chi connectivity index (χ3n) is 5.79. The summed E-state index contributed by atoms with van der Waals surface area (Å²) in [5, 5.41) is 1.42. The van der Waals surface area contributed by atoms with Crippen LogP contribution in [0.3, 0.4) is 0 Å². The third kappa shape index (κ3) is 4.72. The van der Waals surface area contributed by atoms with Crippen LogP contribution in [0.1, 0.15) is 34.0 Å². The first-order chi connectivity index (χ1) is 15.7. The van der Waals surface area contributed by atoms with Crippen molar-refractivity contribution in [3.63, 3.8) is 0 Å². The van der Waals surface area contributed by atoms with E-state index in [-0.39, 0.29) is 0 Å². The second-order valence-electron chi connectivity index (χ2n) is 8.37. The Kier molecular flexibility index (Phi) is 6.66. The fourth-order valence-corrected chi connectivity index (χ4v) is 4.57. The number of aryl methyl sites for hydroxylation is 3. The number of rotatable bonds is 4. The van der Waals surface area contributed by atoms with E-state index >= 15 is 0 Å². The van der Waals surface area contributed by atoms with Gasteiger partial charge in [-0.25, -0.2) is 0 Å². The summed E-state index contributed by atoms with van der Waals surface area (Å²) >= 11 is 18.4. The van der Waals surface area contributed by atoms with E-state index in [2.05, 4.69) is 67.1 Å². The maximum absolute atomic E-state index is 6.49. The van der Waals surface area contributed by atoms with Crippen molar-refractivity contribution in [2.24, 2.45) is 4.99 Å². The second kappa shape index (κ2) is 9.34. The van der Waals surface area contributed by atoms with E-state index in [9.17, 15) is 0 Å². The van der Waals surface area contributed by atoms with E-state index in [1.54, 1.807) is 18.2 Å². The first kappa shape index (κ1) is 23.6. The van der Waals surface area contributed by atoms with Gasteiger partial charge >= 0.3 is 0 Å². The average molecular weight is 498 g/mol. The molecule has 0 N–H and O–H groups in total. The second-order valence-corrected chi connectivity index (χ2v) is 9.58. The van der Waals surface area contributed by atoms with Crippen molar-refractivity contribution in [3.05, 3.63) is 92.5 Å². The topological polar surface area (TPSA) is 28.1 Å². The van der Waals surface area contributed by atoms with E-state index in [1.807, 2.05) is 19.0 Å². The summed E-state index contributed by atoms with van der Waals surface area (Å²) in [5.41, 5.74) is 7.17. The van der Waals surface area contributed by atoms with Gasteiger partial charge < -0.3 is 9.64 Å². The van der Waals surface area contributed by atoms with Gasteiger partial charge in [0.2, 0.25) is 17.2 Å². The summed E-state index contributed by atoms with van der Waals surface area (Å²) < 4.78 is 6.49. The zero-order valence-electron chi connectivity index (χ0n) is 19.2. The number of anilines is 2. The summed E-state index contributed by atoms with van der Waals surface area (Å²) in [6, 6.07) is 17.8. The van der Waals surface area contributed by atoms with Gasteiger partial charge in [0.25, 0.3) is 0 Å². The van der Waals surface area contributed by atoms with E-state index < -0.39 is 6.23 Å². The molecule has 4 nitrogen and oxygen atoms in total. The lowest BCUT2D eigenvalue weighted by Crippen LogP contribution is -2.41. The summed E-state index contributed by atoms with van der Waals surface area (Å²) in [6.07, 6.45) is -0.506. The summed E-state index contributed by atoms with van der Waals surface area (Å²) in [5.74, 6) is 0.376. The average Bonchev–Trinajstić information content (AvgIpc) is 2.76. The highest BCUT2D eigenvalue weighted by Gasteiger charge is 2.34. The molecule has 0 radical (unpaired) electrons. The number of ether oxygens (including phenoxy) is 1. The fourth-order valence-electron chi connectivity index (χ4n) is 3.80. The number of aliphatic imine (C=N–C) groups is 1. The number of nitrogens with zero attached hydrogens (tertiary/aromatic N) is 3. The molecule has 1 aliphatic heterocycles. The van der Waals surface area contributed by atoms with Crippen molar-refractivity contribution in [2.45, 2.75) is 27.0 Å². The van der Waals surface area contributed by atoms with Gasteiger partial charge in [0.1, 0.15) is 0 Å². The molecule has 0 spiro atoms. The van der Waals surface area contributed by atoms with Crippen LogP contribution < -0.4 is 9.80 Å². The number of hydrogen-bond donors (Lipinski definition) is 0. The molecular weight excluding hydrogens is 473 g/mol. The van der Waals surface area contributed by atoms with Crippen LogP contribution in [-0.4, -0.2) is 25.1 Å². The van der Waals surface area contributed by atoms with Crippen LogP contribution in [0.25, 0.3) is 0 Å². The Morgan fingerprint density at radius 2 is 1.58 bits per heavy atom. The van der Waals surface area contributed by atoms with Crippen LogP contribution in [0, 0.1) is 20.8 Å². The molecule has 1 atom stereocenters. The number of halogens is 2. The highest BCUT2D eigenvalue weighted by atomic mass is 35.5. The van der Waals surface area contributed by atoms with E-state index in [0.29, 0.717) is 26.6 Å². The Morgan fingerprint density at radius 1 is 0.909 bits per heavy atom.